The van der Waals surface area contributed by atoms with Gasteiger partial charge in [-0.05, 0) is 110 Å². The van der Waals surface area contributed by atoms with Gasteiger partial charge in [0.15, 0.2) is 5.78 Å². The monoisotopic (exact) mass is 872 g/mol. The number of hydrogen-bond acceptors (Lipinski definition) is 10. The van der Waals surface area contributed by atoms with Crippen LogP contribution in [-0.2, 0) is 43.9 Å². The lowest BCUT2D eigenvalue weighted by Gasteiger charge is -2.31. The van der Waals surface area contributed by atoms with E-state index in [2.05, 4.69) is 15.6 Å². The van der Waals surface area contributed by atoms with Gasteiger partial charge in [0.1, 0.15) is 11.1 Å². The zero-order valence-corrected chi connectivity index (χ0v) is 36.3. The van der Waals surface area contributed by atoms with E-state index in [0.717, 1.165) is 27.7 Å². The number of Topliss-reactive ketones (excluding diaryl/α,β-unsaturated/α-hetero) is 1. The zero-order chi connectivity index (χ0) is 43.0. The zero-order valence-electron chi connectivity index (χ0n) is 33.9. The van der Waals surface area contributed by atoms with E-state index >= 15 is 0 Å². The number of benzene rings is 3. The number of amides is 2. The maximum atomic E-state index is 14.7. The number of carbonyl (C=O) groups excluding carboxylic acids is 3. The molecule has 0 saturated carbocycles. The number of fused-ring (bicyclic) bond motifs is 3. The summed E-state index contributed by atoms with van der Waals surface area (Å²) in [6.07, 6.45) is 4.76. The lowest BCUT2D eigenvalue weighted by Crippen LogP contribution is -2.51. The molecule has 3 aromatic carbocycles. The second-order valence-corrected chi connectivity index (χ2v) is 18.2. The summed E-state index contributed by atoms with van der Waals surface area (Å²) in [5.74, 6) is -1.46. The molecule has 9 N–H and O–H groups in total. The molecule has 0 unspecified atom stereocenters. The van der Waals surface area contributed by atoms with E-state index in [-0.39, 0.29) is 41.9 Å². The molecular formula is C44H53ClN8O5S2. The molecule has 1 aliphatic heterocycles. The Labute approximate surface area is 360 Å². The van der Waals surface area contributed by atoms with E-state index in [1.54, 1.807) is 31.4 Å². The second-order valence-electron chi connectivity index (χ2n) is 15.3. The molecule has 0 bridgehead atoms. The number of carbonyl (C=O) groups is 3. The Morgan fingerprint density at radius 1 is 0.900 bits per heavy atom. The number of sulfonamides is 1. The van der Waals surface area contributed by atoms with Crippen LogP contribution in [0, 0.1) is 12.8 Å². The van der Waals surface area contributed by atoms with Gasteiger partial charge in [-0.2, -0.15) is 0 Å². The lowest BCUT2D eigenvalue weighted by molar-refractivity contribution is -0.143. The highest BCUT2D eigenvalue weighted by Gasteiger charge is 2.35. The number of primary sulfonamides is 1. The Morgan fingerprint density at radius 3 is 2.38 bits per heavy atom. The van der Waals surface area contributed by atoms with E-state index in [1.165, 1.54) is 28.8 Å². The molecule has 6 rings (SSSR count). The molecule has 60 heavy (non-hydrogen) atoms. The fourth-order valence-electron chi connectivity index (χ4n) is 7.75. The Morgan fingerprint density at radius 2 is 1.65 bits per heavy atom. The van der Waals surface area contributed by atoms with Crippen molar-refractivity contribution in [1.82, 2.24) is 25.5 Å². The summed E-state index contributed by atoms with van der Waals surface area (Å²) in [6, 6.07) is 19.9. The summed E-state index contributed by atoms with van der Waals surface area (Å²) in [4.78, 5) is 53.9. The number of ketones is 1. The van der Waals surface area contributed by atoms with Crippen LogP contribution in [0.25, 0.3) is 22.0 Å². The highest BCUT2D eigenvalue weighted by molar-refractivity contribution is 7.99. The first-order valence-electron chi connectivity index (χ1n) is 20.1. The van der Waals surface area contributed by atoms with Gasteiger partial charge < -0.3 is 32.0 Å². The van der Waals surface area contributed by atoms with Gasteiger partial charge in [0, 0.05) is 66.6 Å². The van der Waals surface area contributed by atoms with Gasteiger partial charge in [0.25, 0.3) is 0 Å². The van der Waals surface area contributed by atoms with Crippen LogP contribution in [-0.4, -0.2) is 73.1 Å². The van der Waals surface area contributed by atoms with Gasteiger partial charge in [-0.15, -0.1) is 0 Å². The Hall–Kier alpha value is -4.61. The smallest absolute Gasteiger partial charge is 0.243 e. The number of pyridine rings is 1. The van der Waals surface area contributed by atoms with Gasteiger partial charge in [-0.3, -0.25) is 14.4 Å². The summed E-state index contributed by atoms with van der Waals surface area (Å²) in [5, 5.41) is 14.0. The minimum atomic E-state index is -3.91. The fraction of sp³-hybridized carbons (Fsp3) is 0.364. The number of aryl methyl sites for hydroxylation is 1. The van der Waals surface area contributed by atoms with Crippen LogP contribution in [0.1, 0.15) is 60.9 Å². The number of rotatable bonds is 11. The van der Waals surface area contributed by atoms with E-state index in [4.69, 9.17) is 33.2 Å². The van der Waals surface area contributed by atoms with Gasteiger partial charge in [-0.25, -0.2) is 18.5 Å². The third kappa shape index (κ3) is 10.8. The summed E-state index contributed by atoms with van der Waals surface area (Å²) in [6.45, 7) is 3.16. The first-order chi connectivity index (χ1) is 28.8. The van der Waals surface area contributed by atoms with Crippen molar-refractivity contribution in [1.29, 1.82) is 0 Å². The SMILES string of the molecule is Cc1[nH]c2ccccc2c1C[C@H]1C(=O)NCc2cc(-c3ccc(S(N)(=O)=O)cc3)cc(Cl)c2Sc2ncccc2CN[C@@H](CCCN)C(=O)C[C@@H](CCCCN)C(=O)N1C. The molecule has 13 nitrogen and oxygen atoms in total. The second kappa shape index (κ2) is 20.3. The molecule has 0 aliphatic carbocycles. The number of likely N-dealkylation sites (N-methyl/N-ethyl adjacent to an activating group) is 1. The van der Waals surface area contributed by atoms with Gasteiger partial charge >= 0.3 is 0 Å². The van der Waals surface area contributed by atoms with Gasteiger partial charge in [-0.1, -0.05) is 66.2 Å². The van der Waals surface area contributed by atoms with Crippen molar-refractivity contribution in [3.8, 4) is 11.1 Å². The Bertz CT molecular complexity index is 2440. The van der Waals surface area contributed by atoms with E-state index in [0.29, 0.717) is 83.4 Å². The lowest BCUT2D eigenvalue weighted by atomic mass is 9.90. The number of aromatic amines is 1. The molecule has 16 heteroatoms. The number of nitrogens with zero attached hydrogens (tertiary/aromatic N) is 2. The number of halogens is 1. The van der Waals surface area contributed by atoms with E-state index in [9.17, 15) is 22.8 Å². The van der Waals surface area contributed by atoms with Crippen molar-refractivity contribution in [3.05, 3.63) is 106 Å². The quantitative estimate of drug-likeness (QED) is 0.0904. The van der Waals surface area contributed by atoms with Crippen molar-refractivity contribution in [2.24, 2.45) is 22.5 Å². The minimum absolute atomic E-state index is 0.00685. The molecule has 1 aliphatic rings. The van der Waals surface area contributed by atoms with Crippen LogP contribution in [0.3, 0.4) is 0 Å². The highest BCUT2D eigenvalue weighted by Crippen LogP contribution is 2.40. The average Bonchev–Trinajstić information content (AvgIpc) is 3.55. The molecular weight excluding hydrogens is 820 g/mol. The van der Waals surface area contributed by atoms with Gasteiger partial charge in [0.05, 0.1) is 16.0 Å². The van der Waals surface area contributed by atoms with E-state index < -0.39 is 28.0 Å². The van der Waals surface area contributed by atoms with Crippen LogP contribution < -0.4 is 27.2 Å². The topological polar surface area (TPSA) is 219 Å². The number of nitrogens with two attached hydrogens (primary N) is 3. The van der Waals surface area contributed by atoms with Crippen LogP contribution in [0.2, 0.25) is 5.02 Å². The predicted molar refractivity (Wildman–Crippen MR) is 237 cm³/mol. The van der Waals surface area contributed by atoms with Gasteiger partial charge in [0.2, 0.25) is 21.8 Å². The number of hydrogen-bond donors (Lipinski definition) is 6. The number of nitrogens with one attached hydrogen (secondary N) is 3. The van der Waals surface area contributed by atoms with Crippen LogP contribution >= 0.6 is 23.4 Å². The normalized spacial score (nSPS) is 18.5. The minimum Gasteiger partial charge on any atom is -0.358 e. The standard InChI is InChI=1S/C44H53ClN8O5S2/c1-27-35(34-11-3-4-12-37(34)52-27)24-39-42(55)51-26-32-21-31(28-14-16-33(17-15-28)60(48,57)58)22-36(45)41(32)59-43-30(10-8-20-49-43)25-50-38(13-7-19-47)40(54)23-29(9-5-6-18-46)44(56)53(39)2/h3-4,8,10-12,14-17,20-22,29,38-39,50,52H,5-7,9,13,18-19,23-26,46-47H2,1-2H3,(H,51,55)(H2,48,57,58)/t29-,38+,39+/m1/s1. The van der Waals surface area contributed by atoms with E-state index in [1.807, 2.05) is 49.4 Å². The number of para-hydroxylation sites is 1. The summed E-state index contributed by atoms with van der Waals surface area (Å²) >= 11 is 8.46. The molecule has 5 aromatic rings. The maximum absolute atomic E-state index is 14.7. The highest BCUT2D eigenvalue weighted by atomic mass is 35.5. The fourth-order valence-corrected chi connectivity index (χ4v) is 9.62. The number of aromatic nitrogens is 2. The molecule has 2 amide bonds. The number of H-pyrrole nitrogens is 1. The van der Waals surface area contributed by atoms with Crippen LogP contribution in [0.4, 0.5) is 0 Å². The van der Waals surface area contributed by atoms with Crippen LogP contribution in [0.15, 0.2) is 93.8 Å². The Balaban J connectivity index is 1.47. The largest absolute Gasteiger partial charge is 0.358 e. The van der Waals surface area contributed by atoms with Crippen molar-refractivity contribution < 1.29 is 22.8 Å². The molecule has 3 heterocycles. The summed E-state index contributed by atoms with van der Waals surface area (Å²) in [5.41, 5.74) is 17.4. The average molecular weight is 874 g/mol. The first kappa shape index (κ1) is 44.9. The van der Waals surface area contributed by atoms with Crippen molar-refractivity contribution in [2.45, 2.75) is 91.9 Å². The maximum Gasteiger partial charge on any atom is 0.243 e. The third-order valence-corrected chi connectivity index (χ3v) is 13.7. The number of unbranched alkanes of at least 4 members (excludes halogenated alkanes) is 1. The van der Waals surface area contributed by atoms with Crippen LogP contribution in [0.5, 0.6) is 0 Å². The first-order valence-corrected chi connectivity index (χ1v) is 22.9. The molecule has 318 valence electrons. The summed E-state index contributed by atoms with van der Waals surface area (Å²) in [7, 11) is -2.27. The molecule has 0 saturated heterocycles. The van der Waals surface area contributed by atoms with Crippen molar-refractivity contribution in [2.75, 3.05) is 20.1 Å². The molecule has 0 spiro atoms. The summed E-state index contributed by atoms with van der Waals surface area (Å²) < 4.78 is 24.0. The molecule has 3 atom stereocenters. The predicted octanol–water partition coefficient (Wildman–Crippen LogP) is 5.59. The molecule has 0 radical (unpaired) electrons. The van der Waals surface area contributed by atoms with Crippen molar-refractivity contribution in [3.63, 3.8) is 0 Å². The van der Waals surface area contributed by atoms with Crippen molar-refractivity contribution >= 4 is 61.9 Å². The molecule has 0 fully saturated rings. The Kier molecular flexibility index (Phi) is 15.2. The molecule has 2 aromatic heterocycles. The third-order valence-electron chi connectivity index (χ3n) is 11.1.